The Kier molecular flexibility index (Phi) is 3.85. The van der Waals surface area contributed by atoms with E-state index >= 15 is 0 Å². The van der Waals surface area contributed by atoms with Crippen molar-refractivity contribution in [2.45, 2.75) is 6.92 Å². The minimum absolute atomic E-state index is 0.0293. The number of hydrogen-bond acceptors (Lipinski definition) is 3. The smallest absolute Gasteiger partial charge is 0.164 e. The minimum Gasteiger partial charge on any atom is -0.497 e. The zero-order valence-electron chi connectivity index (χ0n) is 11.3. The summed E-state index contributed by atoms with van der Waals surface area (Å²) < 4.78 is 10.6. The topological polar surface area (TPSA) is 35.5 Å². The Bertz CT molecular complexity index is 588. The molecule has 0 aliphatic carbocycles. The van der Waals surface area contributed by atoms with Crippen LogP contribution < -0.4 is 9.47 Å². The van der Waals surface area contributed by atoms with Crippen LogP contribution >= 0.6 is 0 Å². The molecule has 0 aliphatic heterocycles. The molecule has 0 aliphatic rings. The molecule has 0 saturated heterocycles. The zero-order valence-corrected chi connectivity index (χ0v) is 11.3. The van der Waals surface area contributed by atoms with E-state index in [2.05, 4.69) is 0 Å². The quantitative estimate of drug-likeness (QED) is 0.784. The maximum absolute atomic E-state index is 11.9. The number of carbonyl (C=O) groups excluding carboxylic acids is 1. The van der Waals surface area contributed by atoms with Crippen molar-refractivity contribution in [1.82, 2.24) is 0 Å². The fourth-order valence-corrected chi connectivity index (χ4v) is 2.08. The van der Waals surface area contributed by atoms with E-state index in [0.29, 0.717) is 17.1 Å². The van der Waals surface area contributed by atoms with Crippen LogP contribution in [-0.4, -0.2) is 20.0 Å². The lowest BCUT2D eigenvalue weighted by molar-refractivity contribution is 0.101. The van der Waals surface area contributed by atoms with Gasteiger partial charge in [-0.25, -0.2) is 0 Å². The van der Waals surface area contributed by atoms with E-state index in [-0.39, 0.29) is 5.78 Å². The summed E-state index contributed by atoms with van der Waals surface area (Å²) in [6.45, 7) is 1.54. The first-order chi connectivity index (χ1) is 9.17. The highest BCUT2D eigenvalue weighted by Gasteiger charge is 2.17. The molecule has 19 heavy (non-hydrogen) atoms. The van der Waals surface area contributed by atoms with Crippen molar-refractivity contribution < 1.29 is 14.3 Å². The highest BCUT2D eigenvalue weighted by atomic mass is 16.5. The first kappa shape index (κ1) is 13.1. The molecular formula is C16H16O3. The van der Waals surface area contributed by atoms with Crippen LogP contribution in [0.2, 0.25) is 0 Å². The van der Waals surface area contributed by atoms with Gasteiger partial charge < -0.3 is 9.47 Å². The lowest BCUT2D eigenvalue weighted by Crippen LogP contribution is -2.01. The monoisotopic (exact) mass is 256 g/mol. The first-order valence-electron chi connectivity index (χ1n) is 5.99. The van der Waals surface area contributed by atoms with Crippen molar-refractivity contribution in [2.75, 3.05) is 14.2 Å². The van der Waals surface area contributed by atoms with E-state index in [1.54, 1.807) is 20.3 Å². The van der Waals surface area contributed by atoms with Crippen molar-refractivity contribution in [1.29, 1.82) is 0 Å². The summed E-state index contributed by atoms with van der Waals surface area (Å²) in [5.41, 5.74) is 2.36. The van der Waals surface area contributed by atoms with Crippen molar-refractivity contribution in [3.63, 3.8) is 0 Å². The number of carbonyl (C=O) groups is 1. The number of benzene rings is 2. The fraction of sp³-hybridized carbons (Fsp3) is 0.188. The van der Waals surface area contributed by atoms with Gasteiger partial charge in [0.2, 0.25) is 0 Å². The molecule has 0 radical (unpaired) electrons. The van der Waals surface area contributed by atoms with E-state index < -0.39 is 0 Å². The van der Waals surface area contributed by atoms with Gasteiger partial charge in [0.15, 0.2) is 5.78 Å². The maximum atomic E-state index is 11.9. The summed E-state index contributed by atoms with van der Waals surface area (Å²) in [7, 11) is 3.15. The molecule has 3 nitrogen and oxygen atoms in total. The Morgan fingerprint density at radius 3 is 2.21 bits per heavy atom. The predicted octanol–water partition coefficient (Wildman–Crippen LogP) is 3.57. The molecule has 0 aromatic heterocycles. The molecular weight excluding hydrogens is 240 g/mol. The normalized spacial score (nSPS) is 10.1. The van der Waals surface area contributed by atoms with E-state index in [1.165, 1.54) is 6.92 Å². The van der Waals surface area contributed by atoms with Gasteiger partial charge in [0.25, 0.3) is 0 Å². The number of hydrogen-bond donors (Lipinski definition) is 0. The lowest BCUT2D eigenvalue weighted by atomic mass is 9.96. The molecule has 0 heterocycles. The van der Waals surface area contributed by atoms with Crippen LogP contribution in [0.25, 0.3) is 11.1 Å². The molecule has 0 spiro atoms. The lowest BCUT2D eigenvalue weighted by Gasteiger charge is -2.14. The standard InChI is InChI=1S/C16H16O3/c1-11(17)16-14(12-7-5-4-6-8-12)9-13(18-2)10-15(16)19-3/h4-10H,1-3H3. The van der Waals surface area contributed by atoms with Gasteiger partial charge in [-0.2, -0.15) is 0 Å². The fourth-order valence-electron chi connectivity index (χ4n) is 2.08. The second-order valence-corrected chi connectivity index (χ2v) is 4.17. The summed E-state index contributed by atoms with van der Waals surface area (Å²) in [5, 5.41) is 0. The van der Waals surface area contributed by atoms with Gasteiger partial charge in [0.05, 0.1) is 19.8 Å². The first-order valence-corrected chi connectivity index (χ1v) is 5.99. The highest BCUT2D eigenvalue weighted by molar-refractivity contribution is 6.03. The Labute approximate surface area is 112 Å². The summed E-state index contributed by atoms with van der Waals surface area (Å²) in [6, 6.07) is 13.3. The van der Waals surface area contributed by atoms with Crippen LogP contribution in [0.15, 0.2) is 42.5 Å². The number of methoxy groups -OCH3 is 2. The van der Waals surface area contributed by atoms with Crippen LogP contribution in [0.3, 0.4) is 0 Å². The molecule has 2 rings (SSSR count). The summed E-state index contributed by atoms with van der Waals surface area (Å²) in [4.78, 5) is 11.9. The third kappa shape index (κ3) is 2.60. The number of ketones is 1. The summed E-state index contributed by atoms with van der Waals surface area (Å²) in [6.07, 6.45) is 0. The molecule has 0 saturated carbocycles. The van der Waals surface area contributed by atoms with E-state index in [9.17, 15) is 4.79 Å². The second-order valence-electron chi connectivity index (χ2n) is 4.17. The van der Waals surface area contributed by atoms with Gasteiger partial charge >= 0.3 is 0 Å². The molecule has 0 unspecified atom stereocenters. The number of Topliss-reactive ketones (excluding diaryl/α,β-unsaturated/α-hetero) is 1. The summed E-state index contributed by atoms with van der Waals surface area (Å²) in [5.74, 6) is 1.17. The molecule has 0 amide bonds. The van der Waals surface area contributed by atoms with E-state index in [4.69, 9.17) is 9.47 Å². The average molecular weight is 256 g/mol. The second kappa shape index (κ2) is 5.57. The molecule has 3 heteroatoms. The SMILES string of the molecule is COc1cc(OC)c(C(C)=O)c(-c2ccccc2)c1. The molecule has 0 fully saturated rings. The molecule has 2 aromatic carbocycles. The maximum Gasteiger partial charge on any atom is 0.164 e. The number of rotatable bonds is 4. The minimum atomic E-state index is -0.0293. The molecule has 0 N–H and O–H groups in total. The van der Waals surface area contributed by atoms with Gasteiger partial charge in [-0.05, 0) is 24.1 Å². The van der Waals surface area contributed by atoms with Crippen LogP contribution in [0.1, 0.15) is 17.3 Å². The molecule has 2 aromatic rings. The van der Waals surface area contributed by atoms with Crippen molar-refractivity contribution >= 4 is 5.78 Å². The predicted molar refractivity (Wildman–Crippen MR) is 75.0 cm³/mol. The van der Waals surface area contributed by atoms with Gasteiger partial charge in [0.1, 0.15) is 11.5 Å². The van der Waals surface area contributed by atoms with Crippen LogP contribution in [0.4, 0.5) is 0 Å². The molecule has 0 atom stereocenters. The van der Waals surface area contributed by atoms with Gasteiger partial charge in [0, 0.05) is 6.07 Å². The van der Waals surface area contributed by atoms with Gasteiger partial charge in [-0.15, -0.1) is 0 Å². The van der Waals surface area contributed by atoms with E-state index in [0.717, 1.165) is 11.1 Å². The Morgan fingerprint density at radius 1 is 1.00 bits per heavy atom. The van der Waals surface area contributed by atoms with Crippen LogP contribution in [-0.2, 0) is 0 Å². The Hall–Kier alpha value is -2.29. The third-order valence-electron chi connectivity index (χ3n) is 2.97. The Balaban J connectivity index is 2.73. The third-order valence-corrected chi connectivity index (χ3v) is 2.97. The van der Waals surface area contributed by atoms with E-state index in [1.807, 2.05) is 36.4 Å². The van der Waals surface area contributed by atoms with Gasteiger partial charge in [-0.3, -0.25) is 4.79 Å². The zero-order chi connectivity index (χ0) is 13.8. The number of ether oxygens (including phenoxy) is 2. The van der Waals surface area contributed by atoms with Crippen molar-refractivity contribution in [3.05, 3.63) is 48.0 Å². The molecule has 98 valence electrons. The molecule has 0 bridgehead atoms. The highest BCUT2D eigenvalue weighted by Crippen LogP contribution is 2.35. The average Bonchev–Trinajstić information content (AvgIpc) is 2.46. The van der Waals surface area contributed by atoms with Crippen molar-refractivity contribution in [2.24, 2.45) is 0 Å². The largest absolute Gasteiger partial charge is 0.497 e. The van der Waals surface area contributed by atoms with Crippen molar-refractivity contribution in [3.8, 4) is 22.6 Å². The van der Waals surface area contributed by atoms with Crippen LogP contribution in [0, 0.1) is 0 Å². The van der Waals surface area contributed by atoms with Gasteiger partial charge in [-0.1, -0.05) is 30.3 Å². The Morgan fingerprint density at radius 2 is 1.68 bits per heavy atom. The summed E-state index contributed by atoms with van der Waals surface area (Å²) >= 11 is 0. The van der Waals surface area contributed by atoms with Crippen LogP contribution in [0.5, 0.6) is 11.5 Å².